The van der Waals surface area contributed by atoms with E-state index < -0.39 is 4.92 Å². The van der Waals surface area contributed by atoms with Crippen LogP contribution in [0.5, 0.6) is 11.5 Å². The van der Waals surface area contributed by atoms with E-state index in [1.807, 2.05) is 22.7 Å². The summed E-state index contributed by atoms with van der Waals surface area (Å²) >= 11 is 9.73. The number of methoxy groups -OCH3 is 1. The number of halogens is 2. The predicted octanol–water partition coefficient (Wildman–Crippen LogP) is 7.05. The first-order chi connectivity index (χ1) is 17.3. The highest BCUT2D eigenvalue weighted by Gasteiger charge is 2.17. The maximum atomic E-state index is 11.2. The number of aromatic hydroxyl groups is 1. The average Bonchev–Trinajstić information content (AvgIpc) is 3.47. The van der Waals surface area contributed by atoms with Crippen molar-refractivity contribution in [3.63, 3.8) is 0 Å². The van der Waals surface area contributed by atoms with Gasteiger partial charge in [0.25, 0.3) is 5.69 Å². The van der Waals surface area contributed by atoms with Crippen LogP contribution in [0.3, 0.4) is 0 Å². The Kier molecular flexibility index (Phi) is 6.21. The summed E-state index contributed by atoms with van der Waals surface area (Å²) in [5.74, 6) is 1.62. The van der Waals surface area contributed by atoms with E-state index in [0.29, 0.717) is 50.6 Å². The Morgan fingerprint density at radius 3 is 2.81 bits per heavy atom. The lowest BCUT2D eigenvalue weighted by Gasteiger charge is -2.06. The highest BCUT2D eigenvalue weighted by Crippen LogP contribution is 2.37. The zero-order valence-electron chi connectivity index (χ0n) is 18.6. The number of nitro groups is 1. The molecule has 3 heterocycles. The fraction of sp³-hybridized carbons (Fsp3) is 0.0400. The number of furan rings is 1. The number of imidazole rings is 1. The molecule has 0 aliphatic heterocycles. The molecule has 36 heavy (non-hydrogen) atoms. The number of nitrogens with zero attached hydrogens (tertiary/aromatic N) is 4. The van der Waals surface area contributed by atoms with Crippen LogP contribution < -0.4 is 4.74 Å². The van der Waals surface area contributed by atoms with Crippen LogP contribution in [-0.2, 0) is 0 Å². The molecule has 180 valence electrons. The van der Waals surface area contributed by atoms with Crippen molar-refractivity contribution in [2.24, 2.45) is 4.99 Å². The van der Waals surface area contributed by atoms with Gasteiger partial charge in [-0.2, -0.15) is 0 Å². The van der Waals surface area contributed by atoms with Gasteiger partial charge >= 0.3 is 0 Å². The Bertz CT molecular complexity index is 1660. The van der Waals surface area contributed by atoms with Crippen molar-refractivity contribution in [2.75, 3.05) is 7.11 Å². The monoisotopic (exact) mass is 566 g/mol. The molecule has 0 aliphatic carbocycles. The first kappa shape index (κ1) is 23.6. The van der Waals surface area contributed by atoms with Gasteiger partial charge in [-0.05, 0) is 64.5 Å². The number of aromatic nitrogens is 2. The third-order valence-corrected chi connectivity index (χ3v) is 6.18. The molecular formula is C25H16BrClN4O5. The molecule has 0 bridgehead atoms. The second-order valence-electron chi connectivity index (χ2n) is 7.63. The van der Waals surface area contributed by atoms with Gasteiger partial charge in [-0.3, -0.25) is 14.5 Å². The Balaban J connectivity index is 1.57. The number of fused-ring (bicyclic) bond motifs is 1. The number of non-ortho nitro benzene ring substituents is 1. The summed E-state index contributed by atoms with van der Waals surface area (Å²) in [5, 5.41) is 21.5. The highest BCUT2D eigenvalue weighted by molar-refractivity contribution is 9.10. The van der Waals surface area contributed by atoms with Crippen LogP contribution in [0.25, 0.3) is 28.2 Å². The molecule has 3 aromatic heterocycles. The summed E-state index contributed by atoms with van der Waals surface area (Å²) in [4.78, 5) is 20.0. The van der Waals surface area contributed by atoms with E-state index in [9.17, 15) is 15.2 Å². The highest BCUT2D eigenvalue weighted by atomic mass is 79.9. The molecule has 2 aromatic carbocycles. The van der Waals surface area contributed by atoms with Crippen molar-refractivity contribution in [2.45, 2.75) is 0 Å². The van der Waals surface area contributed by atoms with E-state index in [1.165, 1.54) is 37.6 Å². The fourth-order valence-electron chi connectivity index (χ4n) is 3.66. The Hall–Kier alpha value is -4.15. The maximum absolute atomic E-state index is 11.2. The standard InChI is InChI=1S/C25H16BrClN4O5/c1-35-22-10-14(2-7-20(22)32)24-25(30-13-15(26)3-9-23(30)29-24)28-12-17-5-8-21(36-17)18-11-16(31(33)34)4-6-19(18)27/h2-13,32H,1H3. The number of pyridine rings is 1. The van der Waals surface area contributed by atoms with Gasteiger partial charge in [0.2, 0.25) is 0 Å². The van der Waals surface area contributed by atoms with Gasteiger partial charge in [-0.25, -0.2) is 9.98 Å². The number of hydrogen-bond donors (Lipinski definition) is 1. The second-order valence-corrected chi connectivity index (χ2v) is 8.95. The van der Waals surface area contributed by atoms with Gasteiger partial charge in [0.05, 0.1) is 23.3 Å². The van der Waals surface area contributed by atoms with E-state index >= 15 is 0 Å². The first-order valence-corrected chi connectivity index (χ1v) is 11.6. The van der Waals surface area contributed by atoms with Gasteiger partial charge in [-0.15, -0.1) is 0 Å². The predicted molar refractivity (Wildman–Crippen MR) is 140 cm³/mol. The number of nitro benzene ring substituents is 1. The van der Waals surface area contributed by atoms with Crippen LogP contribution in [0.2, 0.25) is 5.02 Å². The summed E-state index contributed by atoms with van der Waals surface area (Å²) in [5.41, 5.74) is 2.24. The van der Waals surface area contributed by atoms with Crippen molar-refractivity contribution in [1.82, 2.24) is 9.38 Å². The van der Waals surface area contributed by atoms with Crippen LogP contribution in [0.15, 0.2) is 80.7 Å². The zero-order valence-corrected chi connectivity index (χ0v) is 20.9. The number of phenolic OH excluding ortho intramolecular Hbond substituents is 1. The summed E-state index contributed by atoms with van der Waals surface area (Å²) in [6, 6.07) is 16.2. The van der Waals surface area contributed by atoms with Crippen molar-refractivity contribution >= 4 is 50.9 Å². The van der Waals surface area contributed by atoms with E-state index in [2.05, 4.69) is 20.9 Å². The molecule has 5 aromatic rings. The maximum Gasteiger partial charge on any atom is 0.270 e. The van der Waals surface area contributed by atoms with Crippen LogP contribution in [0, 0.1) is 10.1 Å². The van der Waals surface area contributed by atoms with Crippen LogP contribution >= 0.6 is 27.5 Å². The number of benzene rings is 2. The summed E-state index contributed by atoms with van der Waals surface area (Å²) in [6.07, 6.45) is 3.37. The largest absolute Gasteiger partial charge is 0.504 e. The molecule has 0 saturated carbocycles. The SMILES string of the molecule is COc1cc(-c2nc3ccc(Br)cn3c2N=Cc2ccc(-c3cc([N+](=O)[O-])ccc3Cl)o2)ccc1O. The van der Waals surface area contributed by atoms with Gasteiger partial charge in [0.1, 0.15) is 22.9 Å². The lowest BCUT2D eigenvalue weighted by molar-refractivity contribution is -0.384. The van der Waals surface area contributed by atoms with Crippen molar-refractivity contribution in [3.8, 4) is 34.1 Å². The minimum Gasteiger partial charge on any atom is -0.504 e. The fourth-order valence-corrected chi connectivity index (χ4v) is 4.20. The Morgan fingerprint density at radius 2 is 2.03 bits per heavy atom. The first-order valence-electron chi connectivity index (χ1n) is 10.5. The molecule has 0 aliphatic rings. The van der Waals surface area contributed by atoms with E-state index in [-0.39, 0.29) is 11.4 Å². The molecule has 0 saturated heterocycles. The topological polar surface area (TPSA) is 115 Å². The van der Waals surface area contributed by atoms with Crippen molar-refractivity contribution < 1.29 is 19.2 Å². The Labute approximate surface area is 217 Å². The molecule has 1 N–H and O–H groups in total. The molecule has 0 fully saturated rings. The number of aliphatic imine (C=N–C) groups is 1. The Morgan fingerprint density at radius 1 is 1.19 bits per heavy atom. The third-order valence-electron chi connectivity index (χ3n) is 5.38. The van der Waals surface area contributed by atoms with Gasteiger partial charge < -0.3 is 14.3 Å². The molecule has 9 nitrogen and oxygen atoms in total. The van der Waals surface area contributed by atoms with Crippen LogP contribution in [-0.4, -0.2) is 32.7 Å². The summed E-state index contributed by atoms with van der Waals surface area (Å²) < 4.78 is 13.8. The lowest BCUT2D eigenvalue weighted by Crippen LogP contribution is -1.88. The minimum absolute atomic E-state index is 0.0146. The van der Waals surface area contributed by atoms with E-state index in [1.54, 1.807) is 24.3 Å². The van der Waals surface area contributed by atoms with Gasteiger partial charge in [0, 0.05) is 33.9 Å². The average molecular weight is 568 g/mol. The van der Waals surface area contributed by atoms with E-state index in [0.717, 1.165) is 4.47 Å². The quantitative estimate of drug-likeness (QED) is 0.134. The molecule has 0 amide bonds. The van der Waals surface area contributed by atoms with Crippen molar-refractivity contribution in [1.29, 1.82) is 0 Å². The minimum atomic E-state index is -0.492. The van der Waals surface area contributed by atoms with Gasteiger partial charge in [-0.1, -0.05) is 11.6 Å². The third kappa shape index (κ3) is 4.43. The van der Waals surface area contributed by atoms with E-state index in [4.69, 9.17) is 25.7 Å². The summed E-state index contributed by atoms with van der Waals surface area (Å²) in [7, 11) is 1.47. The molecule has 5 rings (SSSR count). The molecular weight excluding hydrogens is 552 g/mol. The number of rotatable bonds is 6. The molecule has 0 atom stereocenters. The normalized spacial score (nSPS) is 11.4. The molecule has 0 unspecified atom stereocenters. The second kappa shape index (κ2) is 9.48. The molecule has 0 radical (unpaired) electrons. The number of hydrogen-bond acceptors (Lipinski definition) is 7. The van der Waals surface area contributed by atoms with Crippen LogP contribution in [0.1, 0.15) is 5.76 Å². The van der Waals surface area contributed by atoms with Gasteiger partial charge in [0.15, 0.2) is 17.3 Å². The smallest absolute Gasteiger partial charge is 0.270 e. The number of phenols is 1. The lowest BCUT2D eigenvalue weighted by atomic mass is 10.1. The molecule has 11 heteroatoms. The number of ether oxygens (including phenoxy) is 1. The zero-order chi connectivity index (χ0) is 25.4. The summed E-state index contributed by atoms with van der Waals surface area (Å²) in [6.45, 7) is 0. The molecule has 0 spiro atoms. The van der Waals surface area contributed by atoms with Crippen molar-refractivity contribution in [3.05, 3.63) is 92.2 Å². The van der Waals surface area contributed by atoms with Crippen LogP contribution in [0.4, 0.5) is 11.5 Å².